The Hall–Kier alpha value is -4.60. The zero-order chi connectivity index (χ0) is 66.6. The van der Waals surface area contributed by atoms with Crippen molar-refractivity contribution in [2.45, 2.75) is 152 Å². The number of ether oxygens (including phenoxy) is 6. The number of aliphatic hydroxyl groups is 9. The molecule has 5 heterocycles. The highest BCUT2D eigenvalue weighted by molar-refractivity contribution is 7.87. The third kappa shape index (κ3) is 26.8. The highest BCUT2D eigenvalue weighted by atomic mass is 35.5. The van der Waals surface area contributed by atoms with Gasteiger partial charge in [-0.05, 0) is 37.5 Å². The Balaban J connectivity index is 0.000000380. The minimum Gasteiger partial charge on any atom is -0.479 e. The molecule has 0 unspecified atom stereocenters. The first-order valence-electron chi connectivity index (χ1n) is 29.0. The first-order chi connectivity index (χ1) is 42.0. The van der Waals surface area contributed by atoms with Crippen molar-refractivity contribution < 1.29 is 120 Å². The van der Waals surface area contributed by atoms with Crippen molar-refractivity contribution in [2.75, 3.05) is 59.2 Å². The molecule has 0 saturated carbocycles. The van der Waals surface area contributed by atoms with E-state index in [0.717, 1.165) is 16.7 Å². The van der Waals surface area contributed by atoms with Crippen LogP contribution in [-0.4, -0.2) is 227 Å². The van der Waals surface area contributed by atoms with Gasteiger partial charge in [0.1, 0.15) is 12.2 Å². The van der Waals surface area contributed by atoms with Gasteiger partial charge in [0.05, 0.1) is 113 Å². The van der Waals surface area contributed by atoms with Crippen LogP contribution in [0.1, 0.15) is 58.2 Å². The summed E-state index contributed by atoms with van der Waals surface area (Å²) in [6, 6.07) is 31.4. The minimum atomic E-state index is -5.71. The Labute approximate surface area is 529 Å². The second kappa shape index (κ2) is 41.2. The van der Waals surface area contributed by atoms with Crippen LogP contribution in [0.3, 0.4) is 0 Å². The predicted molar refractivity (Wildman–Crippen MR) is 319 cm³/mol. The fourth-order valence-electron chi connectivity index (χ4n) is 9.41. The predicted octanol–water partition coefficient (Wildman–Crippen LogP) is 1.75. The van der Waals surface area contributed by atoms with Crippen LogP contribution in [0, 0.1) is 46.8 Å². The number of rotatable bonds is 16. The van der Waals surface area contributed by atoms with Crippen LogP contribution in [0.2, 0.25) is 0 Å². The van der Waals surface area contributed by atoms with Gasteiger partial charge in [0.25, 0.3) is 0 Å². The van der Waals surface area contributed by atoms with Crippen LogP contribution >= 0.6 is 12.4 Å². The minimum absolute atomic E-state index is 0. The number of benzene rings is 3. The molecule has 13 N–H and O–H groups in total. The first kappa shape index (κ1) is 81.5. The number of hydrogen-bond acceptors (Lipinski definition) is 23. The molecular weight excluding hydrogens is 1240 g/mol. The van der Waals surface area contributed by atoms with E-state index in [1.54, 1.807) is 38.1 Å². The van der Waals surface area contributed by atoms with Crippen molar-refractivity contribution >= 4 is 34.5 Å². The van der Waals surface area contributed by atoms with E-state index < -0.39 is 82.5 Å². The van der Waals surface area contributed by atoms with E-state index >= 15 is 0 Å². The van der Waals surface area contributed by atoms with Gasteiger partial charge in [0, 0.05) is 69.0 Å². The molecule has 5 saturated heterocycles. The lowest BCUT2D eigenvalue weighted by Crippen LogP contribution is -2.51. The molecule has 20 atom stereocenters. The average Bonchev–Trinajstić information content (AvgIpc) is 1.20. The van der Waals surface area contributed by atoms with E-state index in [4.69, 9.17) is 74.5 Å². The van der Waals surface area contributed by atoms with Gasteiger partial charge in [-0.2, -0.15) is 26.9 Å². The fourth-order valence-corrected chi connectivity index (χ4v) is 10.0. The Morgan fingerprint density at radius 2 is 0.922 bits per heavy atom. The van der Waals surface area contributed by atoms with Gasteiger partial charge in [-0.15, -0.1) is 12.4 Å². The second-order valence-corrected chi connectivity index (χ2v) is 23.8. The third-order valence-electron chi connectivity index (χ3n) is 15.6. The topological polar surface area (TPSA) is 403 Å². The van der Waals surface area contributed by atoms with Crippen LogP contribution in [0.25, 0.3) is 0 Å². The van der Waals surface area contributed by atoms with Crippen molar-refractivity contribution in [1.82, 2.24) is 10.6 Å². The molecule has 3 aromatic rings. The number of nitrogens with zero attached hydrogens (tertiary/aromatic N) is 1. The van der Waals surface area contributed by atoms with Crippen LogP contribution < -0.4 is 10.6 Å². The van der Waals surface area contributed by atoms with Gasteiger partial charge in [-0.1, -0.05) is 112 Å². The molecule has 5 aliphatic rings. The lowest BCUT2D eigenvalue weighted by atomic mass is 9.87. The first-order valence-corrected chi connectivity index (χ1v) is 30.5. The van der Waals surface area contributed by atoms with Gasteiger partial charge in [-0.3, -0.25) is 4.18 Å². The number of aliphatic carboxylic acids is 2. The summed E-state index contributed by atoms with van der Waals surface area (Å²) in [6.07, 6.45) is -10.4. The number of aliphatic hydroxyl groups excluding tert-OH is 9. The molecule has 5 aliphatic heterocycles. The Bertz CT molecular complexity index is 2570. The molecule has 8 rings (SSSR count). The summed E-state index contributed by atoms with van der Waals surface area (Å²) in [6.45, 7) is 15.3. The number of carboxylic acids is 2. The number of nitriles is 1. The van der Waals surface area contributed by atoms with Crippen molar-refractivity contribution in [3.05, 3.63) is 108 Å². The molecular formula is C60H91ClF3N3O22S. The quantitative estimate of drug-likeness (QED) is 0.0718. The van der Waals surface area contributed by atoms with Crippen LogP contribution in [0.15, 0.2) is 91.0 Å². The number of carboxylic acid groups (broad SMARTS) is 2. The molecule has 5 fully saturated rings. The normalized spacial score (nSPS) is 31.4. The monoisotopic (exact) mass is 1330 g/mol. The smallest absolute Gasteiger partial charge is 0.479 e. The van der Waals surface area contributed by atoms with Crippen molar-refractivity contribution in [2.24, 2.45) is 35.5 Å². The number of β-amino-alcohol motifs (C(OH)–C–C–N with tert-alkyl or cyclic N) is 2. The summed E-state index contributed by atoms with van der Waals surface area (Å²) in [7, 11) is -5.71. The Kier molecular flexibility index (Phi) is 37.3. The average molecular weight is 1330 g/mol. The van der Waals surface area contributed by atoms with E-state index in [1.807, 2.05) is 80.6 Å². The summed E-state index contributed by atoms with van der Waals surface area (Å²) < 4.78 is 98.3. The molecule has 0 radical (unpaired) electrons. The maximum atomic E-state index is 12.5. The second-order valence-electron chi connectivity index (χ2n) is 22.2. The highest BCUT2D eigenvalue weighted by Crippen LogP contribution is 2.33. The third-order valence-corrected chi connectivity index (χ3v) is 16.7. The zero-order valence-corrected chi connectivity index (χ0v) is 52.6. The number of carbonyl (C=O) groups is 2. The van der Waals surface area contributed by atoms with Crippen LogP contribution in [0.4, 0.5) is 13.2 Å². The molecule has 0 spiro atoms. The van der Waals surface area contributed by atoms with Crippen molar-refractivity contribution in [3.8, 4) is 6.07 Å². The number of alkyl halides is 3. The number of nitrogens with one attached hydrogen (secondary N) is 2. The van der Waals surface area contributed by atoms with Crippen LogP contribution in [0.5, 0.6) is 0 Å². The van der Waals surface area contributed by atoms with Gasteiger partial charge in [-0.25, -0.2) is 9.59 Å². The highest BCUT2D eigenvalue weighted by Gasteiger charge is 2.51. The molecule has 90 heavy (non-hydrogen) atoms. The maximum absolute atomic E-state index is 12.5. The van der Waals surface area contributed by atoms with E-state index in [1.165, 1.54) is 0 Å². The lowest BCUT2D eigenvalue weighted by molar-refractivity contribution is -0.172. The standard InChI is InChI=1S/C15H19F3O5S.C15H19NO2.C14H20O3.2C6H13NO3.C4H6O6.ClH/c1-10-11(2)21-9-13(23-24(19,20)15(16,17)18)14(10)22-8-12-6-4-3-5-7-12;1-11-12(2)17-10-14(8-16)15(11)18-9-13-6-4-3-5-7-13;1-10-11(2)16-9-13(15)14(10)17-8-12-6-4-3-5-7-12;2*8-3-4-1-7-2-5(9)6(4)10;5-1(3(7)8)2(6)4(9)10;/h3-7,10-11,13-14H,8-9H2,1-2H3;3-7,11-12,14-15H,9-10H2,1-2H3;3-7,10-11,13-15H,8-9H2,1-2H3;2*4-10H,1-3H2;1-2,5-6H,(H,7,8)(H,9,10);1H/t10-,11+,13+,14+;11-,12+,14-,15+;10-,11+,13+,14+;2*4-,5-,6-;1-,2-;/m111111./s1. The summed E-state index contributed by atoms with van der Waals surface area (Å²) in [5.74, 6) is -4.03. The summed E-state index contributed by atoms with van der Waals surface area (Å²) in [5.41, 5.74) is -2.39. The van der Waals surface area contributed by atoms with Gasteiger partial charge in [0.2, 0.25) is 0 Å². The molecule has 25 nitrogen and oxygen atoms in total. The summed E-state index contributed by atoms with van der Waals surface area (Å²) in [4.78, 5) is 19.5. The largest absolute Gasteiger partial charge is 0.523 e. The molecule has 3 aromatic carbocycles. The zero-order valence-electron chi connectivity index (χ0n) is 51.0. The Morgan fingerprint density at radius 1 is 0.578 bits per heavy atom. The molecule has 512 valence electrons. The van der Waals surface area contributed by atoms with Crippen LogP contribution in [-0.2, 0) is 72.1 Å². The van der Waals surface area contributed by atoms with Gasteiger partial charge < -0.3 is 95.2 Å². The van der Waals surface area contributed by atoms with E-state index in [2.05, 4.69) is 34.7 Å². The maximum Gasteiger partial charge on any atom is 0.523 e. The number of hydrogen-bond donors (Lipinski definition) is 13. The fraction of sp³-hybridized carbons (Fsp3) is 0.650. The molecule has 0 aliphatic carbocycles. The van der Waals surface area contributed by atoms with Crippen molar-refractivity contribution in [1.29, 1.82) is 5.26 Å². The van der Waals surface area contributed by atoms with Gasteiger partial charge >= 0.3 is 27.6 Å². The summed E-state index contributed by atoms with van der Waals surface area (Å²) in [5, 5.41) is 111. The lowest BCUT2D eigenvalue weighted by Gasteiger charge is -2.39. The van der Waals surface area contributed by atoms with Crippen molar-refractivity contribution in [3.63, 3.8) is 0 Å². The Morgan fingerprint density at radius 3 is 1.28 bits per heavy atom. The number of halogens is 4. The SMILES string of the molecule is C[C@H]1[C@H](OCc2ccccc2)[C@@H](O)CO[C@H]1C.C[C@H]1[C@H](OCc2ccccc2)[C@@H](OS(=O)(=O)C(F)(F)F)CO[C@H]1C.C[C@H]1[C@H](OCc2ccccc2)[C@H](C#N)CO[C@H]1C.Cl.O=C(O)[C@H](O)[C@@H](O)C(=O)O.OC[C@H]1CNC[C@@H](O)[C@@H]1O.OC[C@H]1CNC[C@@H](O)[C@@H]1O. The number of piperidine rings is 2. The molecule has 0 amide bonds. The van der Waals surface area contributed by atoms with E-state index in [0.29, 0.717) is 52.6 Å². The van der Waals surface area contributed by atoms with E-state index in [9.17, 15) is 46.5 Å². The molecule has 0 bridgehead atoms. The van der Waals surface area contributed by atoms with Gasteiger partial charge in [0.15, 0.2) is 12.2 Å². The molecule has 0 aromatic heterocycles. The van der Waals surface area contributed by atoms with E-state index in [-0.39, 0.29) is 105 Å². The molecule has 30 heteroatoms. The summed E-state index contributed by atoms with van der Waals surface area (Å²) >= 11 is 0.